The average molecular weight is 328 g/mol. The van der Waals surface area contributed by atoms with Crippen LogP contribution >= 0.6 is 23.2 Å². The monoisotopic (exact) mass is 327 g/mol. The van der Waals surface area contributed by atoms with E-state index in [1.165, 1.54) is 0 Å². The van der Waals surface area contributed by atoms with Crippen molar-refractivity contribution in [2.45, 2.75) is 33.2 Å². The molecule has 2 aromatic rings. The summed E-state index contributed by atoms with van der Waals surface area (Å²) in [4.78, 5) is 7.15. The molecule has 0 saturated carbocycles. The highest BCUT2D eigenvalue weighted by Gasteiger charge is 2.17. The Labute approximate surface area is 136 Å². The lowest BCUT2D eigenvalue weighted by molar-refractivity contribution is 0.261. The maximum absolute atomic E-state index is 6.16. The summed E-state index contributed by atoms with van der Waals surface area (Å²) in [6, 6.07) is 6.21. The van der Waals surface area contributed by atoms with Crippen molar-refractivity contribution in [1.82, 2.24) is 14.5 Å². The van der Waals surface area contributed by atoms with Crippen molar-refractivity contribution in [3.8, 4) is 0 Å². The van der Waals surface area contributed by atoms with E-state index < -0.39 is 0 Å². The first kappa shape index (κ1) is 16.6. The molecule has 0 N–H and O–H groups in total. The zero-order valence-corrected chi connectivity index (χ0v) is 14.5. The highest BCUT2D eigenvalue weighted by atomic mass is 35.5. The molecule has 0 bridgehead atoms. The topological polar surface area (TPSA) is 21.1 Å². The van der Waals surface area contributed by atoms with Gasteiger partial charge in [0.1, 0.15) is 5.82 Å². The lowest BCUT2D eigenvalue weighted by Gasteiger charge is -2.25. The minimum absolute atomic E-state index is 0.339. The number of likely N-dealkylation sites (N-methyl/N-ethyl adjacent to an activating group) is 1. The second-order valence-electron chi connectivity index (χ2n) is 5.30. The van der Waals surface area contributed by atoms with Crippen LogP contribution in [0.15, 0.2) is 18.2 Å². The molecule has 1 aromatic carbocycles. The van der Waals surface area contributed by atoms with Crippen molar-refractivity contribution >= 4 is 34.2 Å². The number of rotatable bonds is 7. The largest absolute Gasteiger partial charge is 0.324 e. The summed E-state index contributed by atoms with van der Waals surface area (Å²) in [6.07, 6.45) is 0.774. The Hall–Kier alpha value is -0.770. The molecule has 0 fully saturated rings. The normalized spacial score (nSPS) is 13.2. The summed E-state index contributed by atoms with van der Waals surface area (Å²) >= 11 is 12.1. The van der Waals surface area contributed by atoms with Crippen molar-refractivity contribution < 1.29 is 0 Å². The van der Waals surface area contributed by atoms with Gasteiger partial charge in [0.25, 0.3) is 0 Å². The molecule has 21 heavy (non-hydrogen) atoms. The molecular formula is C16H23Cl2N3. The minimum Gasteiger partial charge on any atom is -0.324 e. The highest BCUT2D eigenvalue weighted by molar-refractivity contribution is 6.31. The number of benzene rings is 1. The second kappa shape index (κ2) is 7.48. The van der Waals surface area contributed by atoms with Crippen LogP contribution in [0.4, 0.5) is 0 Å². The van der Waals surface area contributed by atoms with Gasteiger partial charge in [-0.25, -0.2) is 4.98 Å². The van der Waals surface area contributed by atoms with Gasteiger partial charge in [-0.15, -0.1) is 11.6 Å². The Kier molecular flexibility index (Phi) is 5.91. The first-order chi connectivity index (χ1) is 10.1. The fourth-order valence-corrected chi connectivity index (χ4v) is 3.14. The molecule has 5 heteroatoms. The molecule has 0 radical (unpaired) electrons. The number of halogens is 2. The summed E-state index contributed by atoms with van der Waals surface area (Å²) in [6.45, 7) is 9.73. The minimum atomic E-state index is 0.339. The Balaban J connectivity index is 2.43. The fourth-order valence-electron chi connectivity index (χ4n) is 2.81. The third-order valence-electron chi connectivity index (χ3n) is 3.90. The molecule has 1 atom stereocenters. The maximum Gasteiger partial charge on any atom is 0.111 e. The third kappa shape index (κ3) is 3.71. The molecule has 3 nitrogen and oxygen atoms in total. The molecule has 1 aromatic heterocycles. The van der Waals surface area contributed by atoms with Gasteiger partial charge < -0.3 is 9.47 Å². The van der Waals surface area contributed by atoms with Gasteiger partial charge in [-0.1, -0.05) is 25.4 Å². The zero-order chi connectivity index (χ0) is 15.4. The highest BCUT2D eigenvalue weighted by Crippen LogP contribution is 2.25. The number of alkyl halides is 1. The predicted molar refractivity (Wildman–Crippen MR) is 91.7 cm³/mol. The SMILES string of the molecule is CCN(CC)CC(C)n1c(CCCl)nc2ccc(Cl)cc21. The zero-order valence-electron chi connectivity index (χ0n) is 12.9. The van der Waals surface area contributed by atoms with Gasteiger partial charge in [0.2, 0.25) is 0 Å². The van der Waals surface area contributed by atoms with Crippen LogP contribution in [0, 0.1) is 0 Å². The van der Waals surface area contributed by atoms with Crippen LogP contribution in [0.2, 0.25) is 5.02 Å². The first-order valence-electron chi connectivity index (χ1n) is 7.55. The summed E-state index contributed by atoms with van der Waals surface area (Å²) < 4.78 is 2.29. The second-order valence-corrected chi connectivity index (χ2v) is 6.12. The Morgan fingerprint density at radius 3 is 2.62 bits per heavy atom. The fraction of sp³-hybridized carbons (Fsp3) is 0.562. The summed E-state index contributed by atoms with van der Waals surface area (Å²) in [7, 11) is 0. The van der Waals surface area contributed by atoms with Crippen molar-refractivity contribution in [3.05, 3.63) is 29.0 Å². The standard InChI is InChI=1S/C16H23Cl2N3/c1-4-20(5-2)11-12(3)21-15-10-13(18)6-7-14(15)19-16(21)8-9-17/h6-7,10,12H,4-5,8-9,11H2,1-3H3. The number of nitrogens with zero attached hydrogens (tertiary/aromatic N) is 3. The van der Waals surface area contributed by atoms with E-state index >= 15 is 0 Å². The van der Waals surface area contributed by atoms with Crippen LogP contribution in [0.3, 0.4) is 0 Å². The molecule has 0 amide bonds. The number of imidazole rings is 1. The van der Waals surface area contributed by atoms with Crippen molar-refractivity contribution in [2.75, 3.05) is 25.5 Å². The van der Waals surface area contributed by atoms with Crippen molar-refractivity contribution in [1.29, 1.82) is 0 Å². The number of aromatic nitrogens is 2. The van der Waals surface area contributed by atoms with Gasteiger partial charge in [0.15, 0.2) is 0 Å². The summed E-state index contributed by atoms with van der Waals surface area (Å²) in [5.74, 6) is 1.62. The van der Waals surface area contributed by atoms with Gasteiger partial charge in [-0.2, -0.15) is 0 Å². The Morgan fingerprint density at radius 2 is 2.00 bits per heavy atom. The number of hydrogen-bond donors (Lipinski definition) is 0. The lowest BCUT2D eigenvalue weighted by Crippen LogP contribution is -2.30. The quantitative estimate of drug-likeness (QED) is 0.704. The molecule has 116 valence electrons. The number of aryl methyl sites for hydroxylation is 1. The molecular weight excluding hydrogens is 305 g/mol. The van der Waals surface area contributed by atoms with Crippen LogP contribution in [0.1, 0.15) is 32.6 Å². The molecule has 0 aliphatic heterocycles. The van der Waals surface area contributed by atoms with Gasteiger partial charge in [-0.05, 0) is 38.2 Å². The van der Waals surface area contributed by atoms with Gasteiger partial charge in [-0.3, -0.25) is 0 Å². The molecule has 1 heterocycles. The number of fused-ring (bicyclic) bond motifs is 1. The lowest BCUT2D eigenvalue weighted by atomic mass is 10.2. The Morgan fingerprint density at radius 1 is 1.29 bits per heavy atom. The maximum atomic E-state index is 6.16. The van der Waals surface area contributed by atoms with Crippen LogP contribution in [0.5, 0.6) is 0 Å². The van der Waals surface area contributed by atoms with E-state index in [9.17, 15) is 0 Å². The molecule has 0 aliphatic rings. The van der Waals surface area contributed by atoms with Crippen LogP contribution in [-0.4, -0.2) is 40.0 Å². The van der Waals surface area contributed by atoms with E-state index in [4.69, 9.17) is 28.2 Å². The van der Waals surface area contributed by atoms with E-state index in [1.54, 1.807) is 0 Å². The van der Waals surface area contributed by atoms with Crippen LogP contribution in [0.25, 0.3) is 11.0 Å². The van der Waals surface area contributed by atoms with E-state index in [2.05, 4.69) is 30.2 Å². The summed E-state index contributed by atoms with van der Waals surface area (Å²) in [5.41, 5.74) is 2.09. The van der Waals surface area contributed by atoms with Crippen LogP contribution in [-0.2, 0) is 6.42 Å². The van der Waals surface area contributed by atoms with Gasteiger partial charge in [0, 0.05) is 29.9 Å². The van der Waals surface area contributed by atoms with Gasteiger partial charge >= 0.3 is 0 Å². The smallest absolute Gasteiger partial charge is 0.111 e. The van der Waals surface area contributed by atoms with Crippen LogP contribution < -0.4 is 0 Å². The summed E-state index contributed by atoms with van der Waals surface area (Å²) in [5, 5.41) is 0.746. The molecule has 1 unspecified atom stereocenters. The third-order valence-corrected chi connectivity index (χ3v) is 4.32. The van der Waals surface area contributed by atoms with Gasteiger partial charge in [0.05, 0.1) is 11.0 Å². The molecule has 0 aliphatic carbocycles. The molecule has 0 saturated heterocycles. The van der Waals surface area contributed by atoms with Crippen molar-refractivity contribution in [2.24, 2.45) is 0 Å². The van der Waals surface area contributed by atoms with Crippen molar-refractivity contribution in [3.63, 3.8) is 0 Å². The predicted octanol–water partition coefficient (Wildman–Crippen LogP) is 4.37. The molecule has 0 spiro atoms. The average Bonchev–Trinajstić information content (AvgIpc) is 2.82. The Bertz CT molecular complexity index is 590. The van der Waals surface area contributed by atoms with E-state index in [1.807, 2.05) is 18.2 Å². The first-order valence-corrected chi connectivity index (χ1v) is 8.46. The molecule has 2 rings (SSSR count). The van der Waals surface area contributed by atoms with E-state index in [-0.39, 0.29) is 0 Å². The van der Waals surface area contributed by atoms with E-state index in [0.717, 1.165) is 47.9 Å². The number of hydrogen-bond acceptors (Lipinski definition) is 2. The van der Waals surface area contributed by atoms with E-state index in [0.29, 0.717) is 11.9 Å².